The number of amides is 3. The van der Waals surface area contributed by atoms with E-state index in [1.54, 1.807) is 37.9 Å². The Bertz CT molecular complexity index is 698. The molecule has 0 aromatic heterocycles. The summed E-state index contributed by atoms with van der Waals surface area (Å²) in [5.41, 5.74) is 0.908. The van der Waals surface area contributed by atoms with Crippen LogP contribution in [0.4, 0.5) is 4.79 Å². The normalized spacial score (nSPS) is 19.1. The van der Waals surface area contributed by atoms with Gasteiger partial charge in [-0.05, 0) is 38.5 Å². The van der Waals surface area contributed by atoms with E-state index in [0.29, 0.717) is 13.1 Å². The third kappa shape index (κ3) is 5.04. The molecule has 3 amide bonds. The fourth-order valence-electron chi connectivity index (χ4n) is 3.08. The van der Waals surface area contributed by atoms with Crippen molar-refractivity contribution in [2.75, 3.05) is 34.4 Å². The highest BCUT2D eigenvalue weighted by Gasteiger charge is 2.41. The number of methoxy groups -OCH3 is 2. The molecule has 1 aromatic carbocycles. The van der Waals surface area contributed by atoms with Gasteiger partial charge in [0.2, 0.25) is 5.91 Å². The van der Waals surface area contributed by atoms with Crippen LogP contribution in [0.2, 0.25) is 0 Å². The lowest BCUT2D eigenvalue weighted by molar-refractivity contribution is -0.130. The molecule has 1 aliphatic rings. The number of ether oxygens (including phenoxy) is 2. The number of nitrogens with zero attached hydrogens (tertiary/aromatic N) is 2. The zero-order valence-corrected chi connectivity index (χ0v) is 18.3. The molecule has 2 rings (SSSR count). The first-order valence-corrected chi connectivity index (χ1v) is 10.5. The van der Waals surface area contributed by atoms with Crippen molar-refractivity contribution >= 4 is 23.7 Å². The summed E-state index contributed by atoms with van der Waals surface area (Å²) in [6.07, 6.45) is 0.756. The summed E-state index contributed by atoms with van der Waals surface area (Å²) in [7, 11) is 4.98. The molecule has 0 spiro atoms. The number of carbonyl (C=O) groups excluding carboxylic acids is 2. The first-order valence-electron chi connectivity index (χ1n) is 9.51. The number of benzene rings is 1. The van der Waals surface area contributed by atoms with Crippen molar-refractivity contribution in [2.45, 2.75) is 43.9 Å². The van der Waals surface area contributed by atoms with E-state index in [2.05, 4.69) is 5.32 Å². The molecule has 0 unspecified atom stereocenters. The Balaban J connectivity index is 2.23. The second-order valence-corrected chi connectivity index (χ2v) is 8.34. The minimum absolute atomic E-state index is 0.0668. The minimum Gasteiger partial charge on any atom is -0.497 e. The van der Waals surface area contributed by atoms with Crippen LogP contribution in [0.3, 0.4) is 0 Å². The van der Waals surface area contributed by atoms with Gasteiger partial charge in [-0.15, -0.1) is 11.8 Å². The van der Waals surface area contributed by atoms with Gasteiger partial charge in [-0.3, -0.25) is 4.79 Å². The first-order chi connectivity index (χ1) is 13.3. The van der Waals surface area contributed by atoms with E-state index in [1.807, 2.05) is 43.9 Å². The molecule has 7 nitrogen and oxygen atoms in total. The summed E-state index contributed by atoms with van der Waals surface area (Å²) < 4.78 is 10.9. The van der Waals surface area contributed by atoms with Gasteiger partial charge in [0.05, 0.1) is 19.5 Å². The van der Waals surface area contributed by atoms with Gasteiger partial charge in [0.15, 0.2) is 0 Å². The van der Waals surface area contributed by atoms with Gasteiger partial charge in [0.25, 0.3) is 0 Å². The Morgan fingerprint density at radius 2 is 2.04 bits per heavy atom. The van der Waals surface area contributed by atoms with E-state index in [1.165, 1.54) is 0 Å². The molecule has 2 atom stereocenters. The van der Waals surface area contributed by atoms with Crippen molar-refractivity contribution in [1.29, 1.82) is 0 Å². The maximum Gasteiger partial charge on any atom is 0.317 e. The number of hydrogen-bond donors (Lipinski definition) is 1. The Kier molecular flexibility index (Phi) is 7.86. The van der Waals surface area contributed by atoms with Gasteiger partial charge in [0, 0.05) is 31.7 Å². The lowest BCUT2D eigenvalue weighted by Crippen LogP contribution is -2.44. The van der Waals surface area contributed by atoms with Crippen LogP contribution in [0.15, 0.2) is 18.2 Å². The smallest absolute Gasteiger partial charge is 0.317 e. The second kappa shape index (κ2) is 9.91. The minimum atomic E-state index is -0.177. The SMILES string of the molecule is CC[C@H]1S[C@@H](c2cc(OC)ccc2OC)N(CCN(C)C(=O)NC(C)C)C1=O. The fourth-order valence-corrected chi connectivity index (χ4v) is 4.52. The van der Waals surface area contributed by atoms with Crippen LogP contribution in [0.1, 0.15) is 38.1 Å². The number of urea groups is 1. The summed E-state index contributed by atoms with van der Waals surface area (Å²) in [4.78, 5) is 28.6. The van der Waals surface area contributed by atoms with Crippen LogP contribution in [-0.4, -0.2) is 67.4 Å². The van der Waals surface area contributed by atoms with Gasteiger partial charge >= 0.3 is 6.03 Å². The third-order valence-electron chi connectivity index (χ3n) is 4.64. The average molecular weight is 410 g/mol. The van der Waals surface area contributed by atoms with Crippen LogP contribution in [0, 0.1) is 0 Å². The summed E-state index contributed by atoms with van der Waals surface area (Å²) >= 11 is 1.62. The zero-order chi connectivity index (χ0) is 20.8. The maximum absolute atomic E-state index is 12.9. The first kappa shape index (κ1) is 22.2. The third-order valence-corrected chi connectivity index (χ3v) is 6.27. The van der Waals surface area contributed by atoms with Gasteiger partial charge in [-0.25, -0.2) is 4.79 Å². The van der Waals surface area contributed by atoms with E-state index in [-0.39, 0.29) is 28.6 Å². The number of likely N-dealkylation sites (N-methyl/N-ethyl adjacent to an activating group) is 1. The highest BCUT2D eigenvalue weighted by atomic mass is 32.2. The van der Waals surface area contributed by atoms with E-state index < -0.39 is 0 Å². The molecule has 1 fully saturated rings. The van der Waals surface area contributed by atoms with Gasteiger partial charge in [0.1, 0.15) is 16.9 Å². The van der Waals surface area contributed by atoms with Crippen LogP contribution in [-0.2, 0) is 4.79 Å². The number of rotatable bonds is 8. The molecule has 0 radical (unpaired) electrons. The Morgan fingerprint density at radius 3 is 2.61 bits per heavy atom. The molecule has 1 N–H and O–H groups in total. The highest BCUT2D eigenvalue weighted by molar-refractivity contribution is 8.01. The van der Waals surface area contributed by atoms with Crippen LogP contribution >= 0.6 is 11.8 Å². The Hall–Kier alpha value is -2.09. The molecule has 1 aliphatic heterocycles. The zero-order valence-electron chi connectivity index (χ0n) is 17.5. The summed E-state index contributed by atoms with van der Waals surface area (Å²) in [6, 6.07) is 5.55. The summed E-state index contributed by atoms with van der Waals surface area (Å²) in [5.74, 6) is 1.54. The van der Waals surface area contributed by atoms with Crippen molar-refractivity contribution in [3.63, 3.8) is 0 Å². The number of nitrogens with one attached hydrogen (secondary N) is 1. The predicted octanol–water partition coefficient (Wildman–Crippen LogP) is 3.11. The molecular weight excluding hydrogens is 378 g/mol. The summed E-state index contributed by atoms with van der Waals surface area (Å²) in [6.45, 7) is 6.76. The van der Waals surface area contributed by atoms with E-state index in [4.69, 9.17) is 9.47 Å². The standard InChI is InChI=1S/C20H31N3O4S/c1-7-17-18(24)23(11-10-22(4)20(25)21-13(2)3)19(28-17)15-12-14(26-5)8-9-16(15)27-6/h8-9,12-13,17,19H,7,10-11H2,1-6H3,(H,21,25)/t17-,19+/m1/s1. The molecule has 0 aliphatic carbocycles. The number of carbonyl (C=O) groups is 2. The molecule has 1 aromatic rings. The monoisotopic (exact) mass is 409 g/mol. The lowest BCUT2D eigenvalue weighted by Gasteiger charge is -2.28. The van der Waals surface area contributed by atoms with Crippen LogP contribution in [0.25, 0.3) is 0 Å². The average Bonchev–Trinajstić information content (AvgIpc) is 3.00. The lowest BCUT2D eigenvalue weighted by atomic mass is 10.1. The molecule has 8 heteroatoms. The Labute approximate surface area is 171 Å². The van der Waals surface area contributed by atoms with Crippen molar-refractivity contribution in [3.05, 3.63) is 23.8 Å². The topological polar surface area (TPSA) is 71.1 Å². The van der Waals surface area contributed by atoms with E-state index >= 15 is 0 Å². The predicted molar refractivity (Wildman–Crippen MR) is 112 cm³/mol. The van der Waals surface area contributed by atoms with Gasteiger partial charge < -0.3 is 24.6 Å². The molecule has 28 heavy (non-hydrogen) atoms. The maximum atomic E-state index is 12.9. The number of hydrogen-bond acceptors (Lipinski definition) is 5. The summed E-state index contributed by atoms with van der Waals surface area (Å²) in [5, 5.41) is 2.59. The van der Waals surface area contributed by atoms with Crippen molar-refractivity contribution in [2.24, 2.45) is 0 Å². The largest absolute Gasteiger partial charge is 0.497 e. The molecule has 0 saturated carbocycles. The molecular formula is C20H31N3O4S. The number of thioether (sulfide) groups is 1. The van der Waals surface area contributed by atoms with Crippen LogP contribution in [0.5, 0.6) is 11.5 Å². The van der Waals surface area contributed by atoms with E-state index in [9.17, 15) is 9.59 Å². The van der Waals surface area contributed by atoms with Crippen molar-refractivity contribution in [1.82, 2.24) is 15.1 Å². The van der Waals surface area contributed by atoms with Gasteiger partial charge in [-0.2, -0.15) is 0 Å². The van der Waals surface area contributed by atoms with Crippen molar-refractivity contribution < 1.29 is 19.1 Å². The Morgan fingerprint density at radius 1 is 1.32 bits per heavy atom. The molecule has 1 heterocycles. The van der Waals surface area contributed by atoms with E-state index in [0.717, 1.165) is 23.5 Å². The van der Waals surface area contributed by atoms with Gasteiger partial charge in [-0.1, -0.05) is 6.92 Å². The second-order valence-electron chi connectivity index (χ2n) is 7.05. The molecule has 1 saturated heterocycles. The van der Waals surface area contributed by atoms with Crippen LogP contribution < -0.4 is 14.8 Å². The fraction of sp³-hybridized carbons (Fsp3) is 0.600. The highest BCUT2D eigenvalue weighted by Crippen LogP contribution is 2.47. The molecule has 156 valence electrons. The quantitative estimate of drug-likeness (QED) is 0.714. The molecule has 0 bridgehead atoms. The van der Waals surface area contributed by atoms with Crippen molar-refractivity contribution in [3.8, 4) is 11.5 Å².